The number of likely N-dealkylation sites (N-methyl/N-ethyl adjacent to an activating group) is 2. The Morgan fingerprint density at radius 2 is 2.05 bits per heavy atom. The first-order valence-electron chi connectivity index (χ1n) is 6.24. The van der Waals surface area contributed by atoms with Gasteiger partial charge >= 0.3 is 0 Å². The number of amides is 2. The molecule has 1 rings (SSSR count). The number of nitrogens with zero attached hydrogens (tertiary/aromatic N) is 2. The van der Waals surface area contributed by atoms with Crippen LogP contribution in [0.1, 0.15) is 5.56 Å². The second-order valence-electron chi connectivity index (χ2n) is 4.84. The summed E-state index contributed by atoms with van der Waals surface area (Å²) in [4.78, 5) is 25.6. The molecule has 6 nitrogen and oxygen atoms in total. The Morgan fingerprint density at radius 3 is 2.65 bits per heavy atom. The molecule has 0 saturated heterocycles. The van der Waals surface area contributed by atoms with E-state index in [-0.39, 0.29) is 24.9 Å². The molecule has 0 radical (unpaired) electrons. The molecule has 1 unspecified atom stereocenters. The highest BCUT2D eigenvalue weighted by atomic mass is 16.2. The van der Waals surface area contributed by atoms with Crippen molar-refractivity contribution in [2.75, 3.05) is 39.5 Å². The molecule has 0 heterocycles. The molecule has 2 N–H and O–H groups in total. The van der Waals surface area contributed by atoms with E-state index in [2.05, 4.69) is 5.32 Å². The van der Waals surface area contributed by atoms with Gasteiger partial charge in [-0.15, -0.1) is 0 Å². The Kier molecular flexibility index (Phi) is 5.69. The van der Waals surface area contributed by atoms with E-state index >= 15 is 0 Å². The predicted molar refractivity (Wildman–Crippen MR) is 75.1 cm³/mol. The van der Waals surface area contributed by atoms with Gasteiger partial charge in [0, 0.05) is 19.8 Å². The normalized spacial score (nSPS) is 11.3. The molecule has 2 amide bonds. The summed E-state index contributed by atoms with van der Waals surface area (Å²) >= 11 is 0. The van der Waals surface area contributed by atoms with Crippen molar-refractivity contribution >= 4 is 17.5 Å². The molecule has 0 aliphatic carbocycles. The Hall–Kier alpha value is -2.39. The number of anilines is 1. The number of nitriles is 1. The number of carbonyl (C=O) groups excluding carboxylic acids is 2. The maximum absolute atomic E-state index is 11.8. The van der Waals surface area contributed by atoms with Crippen molar-refractivity contribution in [3.8, 4) is 6.07 Å². The highest BCUT2D eigenvalue weighted by Gasteiger charge is 2.15. The number of rotatable bonds is 5. The lowest BCUT2D eigenvalue weighted by atomic mass is 10.2. The summed E-state index contributed by atoms with van der Waals surface area (Å²) in [6, 6.07) is 8.72. The molecule has 0 aromatic heterocycles. The van der Waals surface area contributed by atoms with Gasteiger partial charge in [0.2, 0.25) is 0 Å². The van der Waals surface area contributed by atoms with Crippen LogP contribution in [0.4, 0.5) is 5.69 Å². The molecule has 0 aliphatic rings. The fourth-order valence-corrected chi connectivity index (χ4v) is 1.62. The lowest BCUT2D eigenvalue weighted by molar-refractivity contribution is -0.862. The first-order valence-corrected chi connectivity index (χ1v) is 6.24. The second-order valence-corrected chi connectivity index (χ2v) is 4.84. The summed E-state index contributed by atoms with van der Waals surface area (Å²) in [5.74, 6) is -0.217. The number of quaternary nitrogens is 1. The molecule has 1 aromatic rings. The van der Waals surface area contributed by atoms with Gasteiger partial charge in [0.25, 0.3) is 11.8 Å². The molecule has 20 heavy (non-hydrogen) atoms. The minimum Gasteiger partial charge on any atom is -0.344 e. The monoisotopic (exact) mass is 275 g/mol. The van der Waals surface area contributed by atoms with Gasteiger partial charge in [0.05, 0.1) is 18.7 Å². The minimum absolute atomic E-state index is 0.0261. The zero-order valence-corrected chi connectivity index (χ0v) is 11.9. The summed E-state index contributed by atoms with van der Waals surface area (Å²) in [5, 5.41) is 11.5. The zero-order chi connectivity index (χ0) is 15.1. The topological polar surface area (TPSA) is 77.6 Å². The minimum atomic E-state index is -0.191. The highest BCUT2D eigenvalue weighted by molar-refractivity contribution is 5.91. The van der Waals surface area contributed by atoms with Crippen molar-refractivity contribution in [3.05, 3.63) is 29.8 Å². The van der Waals surface area contributed by atoms with E-state index in [1.807, 2.05) is 6.07 Å². The average Bonchev–Trinajstić information content (AvgIpc) is 2.38. The third kappa shape index (κ3) is 5.08. The third-order valence-corrected chi connectivity index (χ3v) is 2.69. The van der Waals surface area contributed by atoms with E-state index < -0.39 is 0 Å². The number of hydrogen-bond acceptors (Lipinski definition) is 3. The van der Waals surface area contributed by atoms with Crippen LogP contribution in [-0.2, 0) is 9.59 Å². The lowest BCUT2D eigenvalue weighted by Crippen LogP contribution is -3.11. The summed E-state index contributed by atoms with van der Waals surface area (Å²) in [7, 11) is 5.15. The van der Waals surface area contributed by atoms with Crippen LogP contribution in [0.15, 0.2) is 24.3 Å². The van der Waals surface area contributed by atoms with Gasteiger partial charge in [0.15, 0.2) is 13.1 Å². The van der Waals surface area contributed by atoms with Crippen molar-refractivity contribution in [1.29, 1.82) is 5.26 Å². The van der Waals surface area contributed by atoms with Crippen molar-refractivity contribution in [2.45, 2.75) is 0 Å². The third-order valence-electron chi connectivity index (χ3n) is 2.69. The van der Waals surface area contributed by atoms with E-state index in [4.69, 9.17) is 5.26 Å². The number of nitrogens with one attached hydrogen (secondary N) is 2. The van der Waals surface area contributed by atoms with Gasteiger partial charge in [-0.1, -0.05) is 6.07 Å². The molecule has 0 fully saturated rings. The average molecular weight is 275 g/mol. The Bertz CT molecular complexity index is 534. The quantitative estimate of drug-likeness (QED) is 0.731. The standard InChI is InChI=1S/C14H18N4O2/c1-17(2)14(20)10-18(3)9-13(19)16-12-6-4-5-11(7-12)8-15/h4-7H,9-10H2,1-3H3,(H,16,19)/p+1. The second kappa shape index (κ2) is 7.26. The van der Waals surface area contributed by atoms with Crippen molar-refractivity contribution in [3.63, 3.8) is 0 Å². The Morgan fingerprint density at radius 1 is 1.35 bits per heavy atom. The Labute approximate surface area is 118 Å². The van der Waals surface area contributed by atoms with Crippen molar-refractivity contribution < 1.29 is 14.5 Å². The van der Waals surface area contributed by atoms with Crippen LogP contribution in [-0.4, -0.2) is 50.9 Å². The Balaban J connectivity index is 2.51. The molecule has 106 valence electrons. The van der Waals surface area contributed by atoms with Crippen molar-refractivity contribution in [2.24, 2.45) is 0 Å². The van der Waals surface area contributed by atoms with Crippen LogP contribution < -0.4 is 10.2 Å². The first-order chi connectivity index (χ1) is 9.42. The van der Waals surface area contributed by atoms with Crippen LogP contribution in [0, 0.1) is 11.3 Å². The van der Waals surface area contributed by atoms with E-state index in [9.17, 15) is 9.59 Å². The maximum Gasteiger partial charge on any atom is 0.279 e. The molecule has 0 saturated carbocycles. The van der Waals surface area contributed by atoms with Gasteiger partial charge in [-0.2, -0.15) is 5.26 Å². The fraction of sp³-hybridized carbons (Fsp3) is 0.357. The number of carbonyl (C=O) groups is 2. The van der Waals surface area contributed by atoms with Gasteiger partial charge in [-0.05, 0) is 18.2 Å². The lowest BCUT2D eigenvalue weighted by Gasteiger charge is -2.16. The zero-order valence-electron chi connectivity index (χ0n) is 11.9. The molecule has 6 heteroatoms. The first kappa shape index (κ1) is 15.7. The SMILES string of the molecule is CN(C)C(=O)C[NH+](C)CC(=O)Nc1cccc(C#N)c1. The van der Waals surface area contributed by atoms with Gasteiger partial charge in [-0.3, -0.25) is 9.59 Å². The van der Waals surface area contributed by atoms with E-state index in [1.165, 1.54) is 4.90 Å². The summed E-state index contributed by atoms with van der Waals surface area (Å²) in [6.45, 7) is 0.453. The number of hydrogen-bond donors (Lipinski definition) is 2. The van der Waals surface area contributed by atoms with E-state index in [0.717, 1.165) is 4.90 Å². The van der Waals surface area contributed by atoms with Crippen molar-refractivity contribution in [1.82, 2.24) is 4.90 Å². The smallest absolute Gasteiger partial charge is 0.279 e. The van der Waals surface area contributed by atoms with Crippen LogP contribution in [0.3, 0.4) is 0 Å². The van der Waals surface area contributed by atoms with Gasteiger partial charge in [-0.25, -0.2) is 0 Å². The van der Waals surface area contributed by atoms with Gasteiger partial charge in [0.1, 0.15) is 0 Å². The maximum atomic E-state index is 11.8. The van der Waals surface area contributed by atoms with E-state index in [1.54, 1.807) is 45.4 Å². The van der Waals surface area contributed by atoms with Crippen LogP contribution >= 0.6 is 0 Å². The van der Waals surface area contributed by atoms with Gasteiger partial charge < -0.3 is 15.1 Å². The molecular weight excluding hydrogens is 256 g/mol. The largest absolute Gasteiger partial charge is 0.344 e. The predicted octanol–water partition coefficient (Wildman–Crippen LogP) is -0.900. The van der Waals surface area contributed by atoms with Crippen LogP contribution in [0.2, 0.25) is 0 Å². The summed E-state index contributed by atoms with van der Waals surface area (Å²) < 4.78 is 0. The molecule has 1 aromatic carbocycles. The molecule has 1 atom stereocenters. The number of benzene rings is 1. The molecule has 0 bridgehead atoms. The summed E-state index contributed by atoms with van der Waals surface area (Å²) in [5.41, 5.74) is 1.08. The summed E-state index contributed by atoms with van der Waals surface area (Å²) in [6.07, 6.45) is 0. The highest BCUT2D eigenvalue weighted by Crippen LogP contribution is 2.08. The molecule has 0 aliphatic heterocycles. The molecule has 0 spiro atoms. The van der Waals surface area contributed by atoms with E-state index in [0.29, 0.717) is 11.3 Å². The van der Waals surface area contributed by atoms with Crippen LogP contribution in [0.5, 0.6) is 0 Å². The fourth-order valence-electron chi connectivity index (χ4n) is 1.62. The molecular formula is C14H19N4O2+. The van der Waals surface area contributed by atoms with Crippen LogP contribution in [0.25, 0.3) is 0 Å².